The van der Waals surface area contributed by atoms with E-state index in [0.717, 1.165) is 29.8 Å². The van der Waals surface area contributed by atoms with E-state index in [1.807, 2.05) is 32.0 Å². The average Bonchev–Trinajstić information content (AvgIpc) is 3.06. The molecule has 0 saturated heterocycles. The highest BCUT2D eigenvalue weighted by atomic mass is 16.2. The highest BCUT2D eigenvalue weighted by Crippen LogP contribution is 2.20. The van der Waals surface area contributed by atoms with Gasteiger partial charge in [-0.05, 0) is 50.5 Å². The minimum Gasteiger partial charge on any atom is -0.399 e. The molecule has 4 nitrogen and oxygen atoms in total. The van der Waals surface area contributed by atoms with Crippen molar-refractivity contribution in [3.05, 3.63) is 23.8 Å². The Morgan fingerprint density at radius 3 is 2.76 bits per heavy atom. The molecule has 4 heteroatoms. The Morgan fingerprint density at radius 1 is 1.47 bits per heavy atom. The zero-order valence-corrected chi connectivity index (χ0v) is 10.3. The van der Waals surface area contributed by atoms with E-state index in [9.17, 15) is 4.79 Å². The number of nitrogen functional groups attached to an aromatic ring is 1. The van der Waals surface area contributed by atoms with Crippen molar-refractivity contribution in [1.82, 2.24) is 5.32 Å². The second kappa shape index (κ2) is 4.65. The van der Waals surface area contributed by atoms with Crippen molar-refractivity contribution in [1.29, 1.82) is 0 Å². The van der Waals surface area contributed by atoms with Crippen molar-refractivity contribution in [3.63, 3.8) is 0 Å². The van der Waals surface area contributed by atoms with Crippen LogP contribution in [-0.2, 0) is 4.79 Å². The summed E-state index contributed by atoms with van der Waals surface area (Å²) in [6, 6.07) is 5.82. The lowest BCUT2D eigenvalue weighted by molar-refractivity contribution is -0.121. The summed E-state index contributed by atoms with van der Waals surface area (Å²) in [6.07, 6.45) is 2.22. The van der Waals surface area contributed by atoms with Crippen LogP contribution in [0.1, 0.15) is 25.3 Å². The first-order valence-electron chi connectivity index (χ1n) is 5.99. The average molecular weight is 233 g/mol. The van der Waals surface area contributed by atoms with Crippen molar-refractivity contribution >= 4 is 17.3 Å². The van der Waals surface area contributed by atoms with Gasteiger partial charge in [0.2, 0.25) is 5.91 Å². The largest absolute Gasteiger partial charge is 0.399 e. The van der Waals surface area contributed by atoms with Crippen LogP contribution >= 0.6 is 0 Å². The summed E-state index contributed by atoms with van der Waals surface area (Å²) in [5, 5.41) is 6.18. The first kappa shape index (κ1) is 11.8. The first-order chi connectivity index (χ1) is 8.06. The maximum atomic E-state index is 11.8. The van der Waals surface area contributed by atoms with Gasteiger partial charge < -0.3 is 16.4 Å². The van der Waals surface area contributed by atoms with E-state index in [1.165, 1.54) is 0 Å². The van der Waals surface area contributed by atoms with Gasteiger partial charge in [0.15, 0.2) is 0 Å². The third-order valence-electron chi connectivity index (χ3n) is 2.94. The van der Waals surface area contributed by atoms with Crippen LogP contribution in [0, 0.1) is 6.92 Å². The number of hydrogen-bond acceptors (Lipinski definition) is 3. The number of anilines is 2. The quantitative estimate of drug-likeness (QED) is 0.693. The standard InChI is InChI=1S/C13H19N3O/c1-8-7-10(14)3-6-12(8)15-9(2)13(17)16-11-4-5-11/h3,6-7,9,11,15H,4-5,14H2,1-2H3,(H,16,17). The van der Waals surface area contributed by atoms with E-state index < -0.39 is 0 Å². The van der Waals surface area contributed by atoms with Crippen LogP contribution in [0.25, 0.3) is 0 Å². The summed E-state index contributed by atoms with van der Waals surface area (Å²) in [5.41, 5.74) is 8.43. The summed E-state index contributed by atoms with van der Waals surface area (Å²) in [4.78, 5) is 11.8. The Kier molecular flexibility index (Phi) is 3.22. The smallest absolute Gasteiger partial charge is 0.242 e. The molecule has 0 spiro atoms. The fraction of sp³-hybridized carbons (Fsp3) is 0.462. The molecule has 2 rings (SSSR count). The van der Waals surface area contributed by atoms with E-state index in [2.05, 4.69) is 10.6 Å². The third kappa shape index (κ3) is 3.12. The molecule has 0 aliphatic heterocycles. The van der Waals surface area contributed by atoms with Crippen LogP contribution in [0.15, 0.2) is 18.2 Å². The van der Waals surface area contributed by atoms with Crippen molar-refractivity contribution in [2.75, 3.05) is 11.1 Å². The van der Waals surface area contributed by atoms with Gasteiger partial charge in [-0.2, -0.15) is 0 Å². The minimum atomic E-state index is -0.224. The van der Waals surface area contributed by atoms with Crippen LogP contribution in [0.4, 0.5) is 11.4 Å². The number of aryl methyl sites for hydroxylation is 1. The monoisotopic (exact) mass is 233 g/mol. The summed E-state index contributed by atoms with van der Waals surface area (Å²) in [7, 11) is 0. The molecule has 1 atom stereocenters. The minimum absolute atomic E-state index is 0.0590. The Bertz CT molecular complexity index is 427. The van der Waals surface area contributed by atoms with Gasteiger partial charge in [-0.3, -0.25) is 4.79 Å². The fourth-order valence-corrected chi connectivity index (χ4v) is 1.70. The van der Waals surface area contributed by atoms with Gasteiger partial charge in [-0.1, -0.05) is 0 Å². The molecule has 17 heavy (non-hydrogen) atoms. The number of hydrogen-bond donors (Lipinski definition) is 3. The number of nitrogens with two attached hydrogens (primary N) is 1. The molecule has 1 aliphatic rings. The first-order valence-corrected chi connectivity index (χ1v) is 5.99. The highest BCUT2D eigenvalue weighted by Gasteiger charge is 2.25. The highest BCUT2D eigenvalue weighted by molar-refractivity contribution is 5.85. The maximum Gasteiger partial charge on any atom is 0.242 e. The van der Waals surface area contributed by atoms with Gasteiger partial charge in [-0.15, -0.1) is 0 Å². The number of carbonyl (C=O) groups is 1. The van der Waals surface area contributed by atoms with Gasteiger partial charge in [-0.25, -0.2) is 0 Å². The van der Waals surface area contributed by atoms with E-state index >= 15 is 0 Å². The molecule has 0 heterocycles. The molecule has 1 aliphatic carbocycles. The topological polar surface area (TPSA) is 67.1 Å². The van der Waals surface area contributed by atoms with E-state index in [-0.39, 0.29) is 11.9 Å². The molecular weight excluding hydrogens is 214 g/mol. The van der Waals surface area contributed by atoms with Crippen molar-refractivity contribution < 1.29 is 4.79 Å². The van der Waals surface area contributed by atoms with Crippen molar-refractivity contribution in [2.24, 2.45) is 0 Å². The summed E-state index contributed by atoms with van der Waals surface area (Å²) in [5.74, 6) is 0.0590. The Hall–Kier alpha value is -1.71. The predicted molar refractivity (Wildman–Crippen MR) is 69.8 cm³/mol. The van der Waals surface area contributed by atoms with Crippen LogP contribution in [-0.4, -0.2) is 18.0 Å². The number of carbonyl (C=O) groups excluding carboxylic acids is 1. The number of benzene rings is 1. The summed E-state index contributed by atoms with van der Waals surface area (Å²) >= 11 is 0. The molecule has 4 N–H and O–H groups in total. The lowest BCUT2D eigenvalue weighted by Gasteiger charge is -2.17. The van der Waals surface area contributed by atoms with E-state index in [0.29, 0.717) is 6.04 Å². The van der Waals surface area contributed by atoms with Gasteiger partial charge in [0.1, 0.15) is 6.04 Å². The zero-order chi connectivity index (χ0) is 12.4. The van der Waals surface area contributed by atoms with Crippen LogP contribution in [0.5, 0.6) is 0 Å². The molecule has 1 amide bonds. The molecule has 1 aromatic rings. The zero-order valence-electron chi connectivity index (χ0n) is 10.3. The Morgan fingerprint density at radius 2 is 2.18 bits per heavy atom. The lowest BCUT2D eigenvalue weighted by atomic mass is 10.1. The van der Waals surface area contributed by atoms with Gasteiger partial charge >= 0.3 is 0 Å². The lowest BCUT2D eigenvalue weighted by Crippen LogP contribution is -2.38. The fourth-order valence-electron chi connectivity index (χ4n) is 1.70. The molecule has 1 fully saturated rings. The van der Waals surface area contributed by atoms with E-state index in [1.54, 1.807) is 0 Å². The molecule has 0 radical (unpaired) electrons. The molecule has 0 aromatic heterocycles. The number of nitrogens with one attached hydrogen (secondary N) is 2. The van der Waals surface area contributed by atoms with Crippen LogP contribution < -0.4 is 16.4 Å². The normalized spacial score (nSPS) is 16.4. The van der Waals surface area contributed by atoms with Gasteiger partial charge in [0, 0.05) is 17.4 Å². The van der Waals surface area contributed by atoms with Gasteiger partial charge in [0.05, 0.1) is 0 Å². The second-order valence-electron chi connectivity index (χ2n) is 4.72. The summed E-state index contributed by atoms with van der Waals surface area (Å²) in [6.45, 7) is 3.84. The SMILES string of the molecule is Cc1cc(N)ccc1NC(C)C(=O)NC1CC1. The van der Waals surface area contributed by atoms with Crippen LogP contribution in [0.3, 0.4) is 0 Å². The molecule has 0 bridgehead atoms. The van der Waals surface area contributed by atoms with Crippen LogP contribution in [0.2, 0.25) is 0 Å². The number of amides is 1. The van der Waals surface area contributed by atoms with Crippen molar-refractivity contribution in [2.45, 2.75) is 38.8 Å². The summed E-state index contributed by atoms with van der Waals surface area (Å²) < 4.78 is 0. The molecule has 1 saturated carbocycles. The molecule has 1 aromatic carbocycles. The number of rotatable bonds is 4. The molecule has 92 valence electrons. The van der Waals surface area contributed by atoms with E-state index in [4.69, 9.17) is 5.73 Å². The van der Waals surface area contributed by atoms with Gasteiger partial charge in [0.25, 0.3) is 0 Å². The maximum absolute atomic E-state index is 11.8. The Labute approximate surface area is 102 Å². The Balaban J connectivity index is 1.96. The predicted octanol–water partition coefficient (Wildman–Crippen LogP) is 1.66. The third-order valence-corrected chi connectivity index (χ3v) is 2.94. The van der Waals surface area contributed by atoms with Crippen molar-refractivity contribution in [3.8, 4) is 0 Å². The second-order valence-corrected chi connectivity index (χ2v) is 4.72. The molecule has 1 unspecified atom stereocenters. The molecular formula is C13H19N3O.